The number of rotatable bonds is 6. The van der Waals surface area contributed by atoms with Gasteiger partial charge in [-0.15, -0.1) is 0 Å². The van der Waals surface area contributed by atoms with Gasteiger partial charge in [0, 0.05) is 0 Å². The summed E-state index contributed by atoms with van der Waals surface area (Å²) in [5, 5.41) is 10.2. The van der Waals surface area contributed by atoms with Gasteiger partial charge in [0.15, 0.2) is 0 Å². The minimum Gasteiger partial charge on any atom is -0.497 e. The van der Waals surface area contributed by atoms with Crippen LogP contribution in [0.25, 0.3) is 0 Å². The van der Waals surface area contributed by atoms with Crippen molar-refractivity contribution >= 4 is 0 Å². The van der Waals surface area contributed by atoms with Crippen molar-refractivity contribution in [2.45, 2.75) is 51.2 Å². The van der Waals surface area contributed by atoms with E-state index in [2.05, 4.69) is 6.92 Å². The molecule has 0 aliphatic heterocycles. The summed E-state index contributed by atoms with van der Waals surface area (Å²) in [6.45, 7) is 2.60. The highest BCUT2D eigenvalue weighted by molar-refractivity contribution is 5.29. The van der Waals surface area contributed by atoms with Crippen LogP contribution in [0, 0.1) is 5.92 Å². The van der Waals surface area contributed by atoms with Crippen molar-refractivity contribution in [2.24, 2.45) is 5.92 Å². The fourth-order valence-electron chi connectivity index (χ4n) is 3.02. The number of hydrogen-bond donors (Lipinski definition) is 1. The molecule has 3 unspecified atom stereocenters. The van der Waals surface area contributed by atoms with Crippen LogP contribution in [0.3, 0.4) is 0 Å². The van der Waals surface area contributed by atoms with Gasteiger partial charge in [-0.3, -0.25) is 0 Å². The fraction of sp³-hybridized carbons (Fsp3) is 0.647. The van der Waals surface area contributed by atoms with E-state index in [0.29, 0.717) is 18.6 Å². The molecule has 1 aromatic carbocycles. The van der Waals surface area contributed by atoms with E-state index < -0.39 is 6.10 Å². The molecule has 1 aliphatic carbocycles. The molecule has 2 rings (SSSR count). The molecule has 1 N–H and O–H groups in total. The second-order valence-electron chi connectivity index (χ2n) is 5.62. The highest BCUT2D eigenvalue weighted by Gasteiger charge is 2.25. The van der Waals surface area contributed by atoms with Gasteiger partial charge in [-0.05, 0) is 36.5 Å². The number of aliphatic hydroxyl groups is 1. The molecule has 1 aromatic rings. The Bertz CT molecular complexity index is 405. The minimum atomic E-state index is -0.579. The normalized spacial score (nSPS) is 24.4. The van der Waals surface area contributed by atoms with Gasteiger partial charge in [-0.25, -0.2) is 0 Å². The first-order valence-electron chi connectivity index (χ1n) is 7.68. The standard InChI is InChI=1S/C17H26O3/c1-3-13-7-4-5-10-17(13)20-12-16(18)14-8-6-9-15(11-14)19-2/h6,8-9,11,13,16-18H,3-5,7,10,12H2,1-2H3. The molecule has 1 aliphatic rings. The third-order valence-corrected chi connectivity index (χ3v) is 4.31. The topological polar surface area (TPSA) is 38.7 Å². The average Bonchev–Trinajstić information content (AvgIpc) is 2.52. The lowest BCUT2D eigenvalue weighted by Gasteiger charge is -2.31. The molecule has 3 heteroatoms. The number of methoxy groups -OCH3 is 1. The summed E-state index contributed by atoms with van der Waals surface area (Å²) in [5.41, 5.74) is 0.855. The van der Waals surface area contributed by atoms with E-state index in [1.54, 1.807) is 7.11 Å². The van der Waals surface area contributed by atoms with Crippen molar-refractivity contribution in [2.75, 3.05) is 13.7 Å². The van der Waals surface area contributed by atoms with Crippen molar-refractivity contribution in [1.29, 1.82) is 0 Å². The zero-order valence-corrected chi connectivity index (χ0v) is 12.5. The van der Waals surface area contributed by atoms with Crippen LogP contribution in [0.4, 0.5) is 0 Å². The Morgan fingerprint density at radius 3 is 2.85 bits per heavy atom. The van der Waals surface area contributed by atoms with Crippen LogP contribution in [-0.2, 0) is 4.74 Å². The van der Waals surface area contributed by atoms with E-state index in [-0.39, 0.29) is 0 Å². The second-order valence-corrected chi connectivity index (χ2v) is 5.62. The number of ether oxygens (including phenoxy) is 2. The Hall–Kier alpha value is -1.06. The quantitative estimate of drug-likeness (QED) is 0.862. The van der Waals surface area contributed by atoms with E-state index in [4.69, 9.17) is 9.47 Å². The zero-order chi connectivity index (χ0) is 14.4. The van der Waals surface area contributed by atoms with Crippen LogP contribution in [0.5, 0.6) is 5.75 Å². The van der Waals surface area contributed by atoms with Gasteiger partial charge in [-0.1, -0.05) is 38.3 Å². The number of benzene rings is 1. The SMILES string of the molecule is CCC1CCCCC1OCC(O)c1cccc(OC)c1. The van der Waals surface area contributed by atoms with Gasteiger partial charge in [0.1, 0.15) is 11.9 Å². The summed E-state index contributed by atoms with van der Waals surface area (Å²) in [7, 11) is 1.63. The molecule has 0 amide bonds. The molecule has 0 heterocycles. The first kappa shape index (κ1) is 15.3. The van der Waals surface area contributed by atoms with Gasteiger partial charge in [0.05, 0.1) is 19.8 Å². The Morgan fingerprint density at radius 1 is 1.30 bits per heavy atom. The smallest absolute Gasteiger partial charge is 0.119 e. The Morgan fingerprint density at radius 2 is 2.10 bits per heavy atom. The molecular formula is C17H26O3. The highest BCUT2D eigenvalue weighted by atomic mass is 16.5. The molecule has 0 spiro atoms. The maximum absolute atomic E-state index is 10.2. The molecule has 0 saturated heterocycles. The summed E-state index contributed by atoms with van der Waals surface area (Å²) in [4.78, 5) is 0. The molecule has 3 atom stereocenters. The summed E-state index contributed by atoms with van der Waals surface area (Å²) < 4.78 is 11.2. The second kappa shape index (κ2) is 7.65. The van der Waals surface area contributed by atoms with Crippen LogP contribution in [-0.4, -0.2) is 24.9 Å². The summed E-state index contributed by atoms with van der Waals surface area (Å²) >= 11 is 0. The first-order valence-corrected chi connectivity index (χ1v) is 7.68. The fourth-order valence-corrected chi connectivity index (χ4v) is 3.02. The molecule has 1 saturated carbocycles. The van der Waals surface area contributed by atoms with E-state index in [1.807, 2.05) is 24.3 Å². The van der Waals surface area contributed by atoms with E-state index in [1.165, 1.54) is 25.7 Å². The van der Waals surface area contributed by atoms with Crippen LogP contribution in [0.1, 0.15) is 50.7 Å². The Kier molecular flexibility index (Phi) is 5.86. The Labute approximate surface area is 121 Å². The molecule has 0 radical (unpaired) electrons. The molecule has 1 fully saturated rings. The van der Waals surface area contributed by atoms with Crippen molar-refractivity contribution in [1.82, 2.24) is 0 Å². The molecule has 112 valence electrons. The van der Waals surface area contributed by atoms with Crippen LogP contribution in [0.2, 0.25) is 0 Å². The first-order chi connectivity index (χ1) is 9.74. The number of aliphatic hydroxyl groups excluding tert-OH is 1. The highest BCUT2D eigenvalue weighted by Crippen LogP contribution is 2.30. The molecule has 3 nitrogen and oxygen atoms in total. The monoisotopic (exact) mass is 278 g/mol. The lowest BCUT2D eigenvalue weighted by molar-refractivity contribution is -0.0515. The summed E-state index contributed by atoms with van der Waals surface area (Å²) in [6.07, 6.45) is 5.85. The summed E-state index contributed by atoms with van der Waals surface area (Å²) in [6, 6.07) is 7.55. The molecular weight excluding hydrogens is 252 g/mol. The van der Waals surface area contributed by atoms with Crippen LogP contribution in [0.15, 0.2) is 24.3 Å². The van der Waals surface area contributed by atoms with E-state index >= 15 is 0 Å². The predicted octanol–water partition coefficient (Wildman–Crippen LogP) is 3.71. The van der Waals surface area contributed by atoms with E-state index in [9.17, 15) is 5.11 Å². The van der Waals surface area contributed by atoms with E-state index in [0.717, 1.165) is 17.7 Å². The third-order valence-electron chi connectivity index (χ3n) is 4.31. The lowest BCUT2D eigenvalue weighted by atomic mass is 9.85. The minimum absolute atomic E-state index is 0.314. The van der Waals surface area contributed by atoms with Crippen molar-refractivity contribution in [3.8, 4) is 5.75 Å². The predicted molar refractivity (Wildman–Crippen MR) is 79.9 cm³/mol. The van der Waals surface area contributed by atoms with Crippen molar-refractivity contribution in [3.05, 3.63) is 29.8 Å². The largest absolute Gasteiger partial charge is 0.497 e. The van der Waals surface area contributed by atoms with Crippen LogP contribution >= 0.6 is 0 Å². The number of hydrogen-bond acceptors (Lipinski definition) is 3. The molecule has 0 aromatic heterocycles. The maximum Gasteiger partial charge on any atom is 0.119 e. The molecule has 0 bridgehead atoms. The van der Waals surface area contributed by atoms with Gasteiger partial charge < -0.3 is 14.6 Å². The van der Waals surface area contributed by atoms with Gasteiger partial charge in [0.2, 0.25) is 0 Å². The lowest BCUT2D eigenvalue weighted by Crippen LogP contribution is -2.28. The molecule has 20 heavy (non-hydrogen) atoms. The van der Waals surface area contributed by atoms with Gasteiger partial charge in [0.25, 0.3) is 0 Å². The third kappa shape index (κ3) is 3.97. The maximum atomic E-state index is 10.2. The van der Waals surface area contributed by atoms with Crippen molar-refractivity contribution in [3.63, 3.8) is 0 Å². The Balaban J connectivity index is 1.88. The average molecular weight is 278 g/mol. The van der Waals surface area contributed by atoms with Gasteiger partial charge >= 0.3 is 0 Å². The zero-order valence-electron chi connectivity index (χ0n) is 12.5. The van der Waals surface area contributed by atoms with Crippen LogP contribution < -0.4 is 4.74 Å². The summed E-state index contributed by atoms with van der Waals surface area (Å²) in [5.74, 6) is 1.42. The van der Waals surface area contributed by atoms with Crippen molar-refractivity contribution < 1.29 is 14.6 Å². The van der Waals surface area contributed by atoms with Gasteiger partial charge in [-0.2, -0.15) is 0 Å².